The van der Waals surface area contributed by atoms with E-state index < -0.39 is 24.5 Å². The minimum Gasteiger partial charge on any atom is -0.342 e. The molecule has 1 aliphatic heterocycles. The SMILES string of the molecule is C=CCN(CC(F)(F)F)C(=O)C1CCCN(C(=O)Cc2ccccc2)C1. The third-order valence-corrected chi connectivity index (χ3v) is 4.35. The lowest BCUT2D eigenvalue weighted by molar-refractivity contribution is -0.164. The van der Waals surface area contributed by atoms with Gasteiger partial charge in [-0.1, -0.05) is 36.4 Å². The fraction of sp³-hybridized carbons (Fsp3) is 0.474. The predicted molar refractivity (Wildman–Crippen MR) is 92.3 cm³/mol. The molecule has 0 radical (unpaired) electrons. The van der Waals surface area contributed by atoms with Crippen molar-refractivity contribution in [3.8, 4) is 0 Å². The van der Waals surface area contributed by atoms with Crippen LogP contribution in [0.3, 0.4) is 0 Å². The zero-order valence-electron chi connectivity index (χ0n) is 14.5. The third kappa shape index (κ3) is 5.89. The number of rotatable bonds is 6. The van der Waals surface area contributed by atoms with Gasteiger partial charge in [-0.2, -0.15) is 13.2 Å². The van der Waals surface area contributed by atoms with Crippen LogP contribution in [0.4, 0.5) is 13.2 Å². The molecule has 1 aliphatic rings. The maximum absolute atomic E-state index is 12.7. The lowest BCUT2D eigenvalue weighted by Gasteiger charge is -2.35. The zero-order chi connectivity index (χ0) is 19.2. The Morgan fingerprint density at radius 2 is 1.96 bits per heavy atom. The van der Waals surface area contributed by atoms with Gasteiger partial charge in [0.25, 0.3) is 0 Å². The topological polar surface area (TPSA) is 40.6 Å². The first-order valence-corrected chi connectivity index (χ1v) is 8.58. The van der Waals surface area contributed by atoms with Crippen molar-refractivity contribution < 1.29 is 22.8 Å². The van der Waals surface area contributed by atoms with Gasteiger partial charge >= 0.3 is 6.18 Å². The van der Waals surface area contributed by atoms with Crippen LogP contribution in [0.5, 0.6) is 0 Å². The van der Waals surface area contributed by atoms with E-state index in [2.05, 4.69) is 6.58 Å². The molecule has 1 aromatic rings. The highest BCUT2D eigenvalue weighted by Crippen LogP contribution is 2.23. The summed E-state index contributed by atoms with van der Waals surface area (Å²) in [5.74, 6) is -1.29. The van der Waals surface area contributed by atoms with Crippen LogP contribution in [0.15, 0.2) is 43.0 Å². The van der Waals surface area contributed by atoms with Gasteiger partial charge in [0.1, 0.15) is 6.54 Å². The second kappa shape index (κ2) is 8.87. The molecule has 1 unspecified atom stereocenters. The minimum atomic E-state index is -4.46. The van der Waals surface area contributed by atoms with E-state index >= 15 is 0 Å². The molecule has 26 heavy (non-hydrogen) atoms. The van der Waals surface area contributed by atoms with Crippen LogP contribution < -0.4 is 0 Å². The van der Waals surface area contributed by atoms with Crippen LogP contribution >= 0.6 is 0 Å². The molecule has 0 spiro atoms. The summed E-state index contributed by atoms with van der Waals surface area (Å²) in [6.45, 7) is 2.65. The lowest BCUT2D eigenvalue weighted by atomic mass is 9.95. The van der Waals surface area contributed by atoms with Crippen LogP contribution in [0, 0.1) is 5.92 Å². The number of halogens is 3. The van der Waals surface area contributed by atoms with Crippen molar-refractivity contribution >= 4 is 11.8 Å². The molecule has 2 rings (SSSR count). The van der Waals surface area contributed by atoms with E-state index in [0.29, 0.717) is 19.4 Å². The molecule has 142 valence electrons. The average Bonchev–Trinajstić information content (AvgIpc) is 2.60. The highest BCUT2D eigenvalue weighted by Gasteiger charge is 2.36. The van der Waals surface area contributed by atoms with Gasteiger partial charge in [0, 0.05) is 19.6 Å². The first kappa shape index (κ1) is 20.0. The molecule has 2 amide bonds. The molecule has 7 heteroatoms. The van der Waals surface area contributed by atoms with Crippen LogP contribution in [0.1, 0.15) is 18.4 Å². The second-order valence-corrected chi connectivity index (χ2v) is 6.46. The molecule has 1 atom stereocenters. The number of nitrogens with zero attached hydrogens (tertiary/aromatic N) is 2. The quantitative estimate of drug-likeness (QED) is 0.724. The van der Waals surface area contributed by atoms with Crippen LogP contribution in [0.2, 0.25) is 0 Å². The first-order chi connectivity index (χ1) is 12.3. The van der Waals surface area contributed by atoms with Gasteiger partial charge in [0.05, 0.1) is 12.3 Å². The number of likely N-dealkylation sites (tertiary alicyclic amines) is 1. The molecule has 1 fully saturated rings. The van der Waals surface area contributed by atoms with E-state index in [9.17, 15) is 22.8 Å². The second-order valence-electron chi connectivity index (χ2n) is 6.46. The number of hydrogen-bond donors (Lipinski definition) is 0. The van der Waals surface area contributed by atoms with Gasteiger partial charge in [-0.15, -0.1) is 6.58 Å². The van der Waals surface area contributed by atoms with Crippen LogP contribution in [0.25, 0.3) is 0 Å². The third-order valence-electron chi connectivity index (χ3n) is 4.35. The highest BCUT2D eigenvalue weighted by molar-refractivity contribution is 5.82. The summed E-state index contributed by atoms with van der Waals surface area (Å²) in [5, 5.41) is 0. The molecule has 1 saturated heterocycles. The van der Waals surface area contributed by atoms with E-state index in [0.717, 1.165) is 10.5 Å². The predicted octanol–water partition coefficient (Wildman–Crippen LogP) is 3.04. The molecule has 0 bridgehead atoms. The number of hydrogen-bond acceptors (Lipinski definition) is 2. The summed E-state index contributed by atoms with van der Waals surface area (Å²) < 4.78 is 38.1. The summed E-state index contributed by atoms with van der Waals surface area (Å²) in [5.41, 5.74) is 0.872. The van der Waals surface area contributed by atoms with Gasteiger partial charge in [-0.3, -0.25) is 9.59 Å². The summed E-state index contributed by atoms with van der Waals surface area (Å²) >= 11 is 0. The fourth-order valence-corrected chi connectivity index (χ4v) is 3.15. The Kier molecular flexibility index (Phi) is 6.83. The van der Waals surface area contributed by atoms with E-state index in [1.54, 1.807) is 4.90 Å². The normalized spacial score (nSPS) is 17.7. The standard InChI is InChI=1S/C19H23F3N2O2/c1-2-10-24(14-19(20,21)22)18(26)16-9-6-11-23(13-16)17(25)12-15-7-4-3-5-8-15/h2-5,7-8,16H,1,6,9-14H2. The number of alkyl halides is 3. The van der Waals surface area contributed by atoms with Gasteiger partial charge in [-0.05, 0) is 18.4 Å². The van der Waals surface area contributed by atoms with Gasteiger partial charge in [-0.25, -0.2) is 0 Å². The summed E-state index contributed by atoms with van der Waals surface area (Å²) in [4.78, 5) is 27.3. The van der Waals surface area contributed by atoms with Gasteiger partial charge in [0.2, 0.25) is 11.8 Å². The summed E-state index contributed by atoms with van der Waals surface area (Å²) in [6.07, 6.45) is -1.87. The molecule has 0 aliphatic carbocycles. The van der Waals surface area contributed by atoms with Crippen molar-refractivity contribution in [1.82, 2.24) is 9.80 Å². The van der Waals surface area contributed by atoms with Crippen molar-refractivity contribution in [2.75, 3.05) is 26.2 Å². The fourth-order valence-electron chi connectivity index (χ4n) is 3.15. The van der Waals surface area contributed by atoms with Gasteiger partial charge < -0.3 is 9.80 Å². The monoisotopic (exact) mass is 368 g/mol. The van der Waals surface area contributed by atoms with E-state index in [4.69, 9.17) is 0 Å². The molecule has 1 heterocycles. The summed E-state index contributed by atoms with van der Waals surface area (Å²) in [7, 11) is 0. The van der Waals surface area contributed by atoms with Crippen molar-refractivity contribution in [3.05, 3.63) is 48.6 Å². The average molecular weight is 368 g/mol. The zero-order valence-corrected chi connectivity index (χ0v) is 14.5. The van der Waals surface area contributed by atoms with Crippen LogP contribution in [-0.4, -0.2) is 54.0 Å². The Morgan fingerprint density at radius 3 is 2.58 bits per heavy atom. The molecular weight excluding hydrogens is 345 g/mol. The maximum Gasteiger partial charge on any atom is 0.406 e. The first-order valence-electron chi connectivity index (χ1n) is 8.58. The largest absolute Gasteiger partial charge is 0.406 e. The molecular formula is C19H23F3N2O2. The number of piperidine rings is 1. The molecule has 1 aromatic carbocycles. The Morgan fingerprint density at radius 1 is 1.27 bits per heavy atom. The van der Waals surface area contributed by atoms with Crippen molar-refractivity contribution in [1.29, 1.82) is 0 Å². The van der Waals surface area contributed by atoms with Crippen molar-refractivity contribution in [2.24, 2.45) is 5.92 Å². The maximum atomic E-state index is 12.7. The molecule has 0 saturated carbocycles. The Hall–Kier alpha value is -2.31. The number of benzene rings is 1. The molecule has 0 aromatic heterocycles. The lowest BCUT2D eigenvalue weighted by Crippen LogP contribution is -2.49. The number of amides is 2. The van der Waals surface area contributed by atoms with Gasteiger partial charge in [0.15, 0.2) is 0 Å². The van der Waals surface area contributed by atoms with Crippen molar-refractivity contribution in [3.63, 3.8) is 0 Å². The molecule has 4 nitrogen and oxygen atoms in total. The smallest absolute Gasteiger partial charge is 0.342 e. The van der Waals surface area contributed by atoms with Crippen molar-refractivity contribution in [2.45, 2.75) is 25.4 Å². The molecule has 0 N–H and O–H groups in total. The number of carbonyl (C=O) groups is 2. The highest BCUT2D eigenvalue weighted by atomic mass is 19.4. The Labute approximate surface area is 151 Å². The minimum absolute atomic E-state index is 0.111. The van der Waals surface area contributed by atoms with E-state index in [-0.39, 0.29) is 25.4 Å². The van der Waals surface area contributed by atoms with E-state index in [1.807, 2.05) is 30.3 Å². The Balaban J connectivity index is 2.00. The Bertz CT molecular complexity index is 631. The van der Waals surface area contributed by atoms with Crippen LogP contribution in [-0.2, 0) is 16.0 Å². The number of carbonyl (C=O) groups excluding carboxylic acids is 2. The summed E-state index contributed by atoms with van der Waals surface area (Å²) in [6, 6.07) is 9.24. The van der Waals surface area contributed by atoms with E-state index in [1.165, 1.54) is 6.08 Å².